The number of benzene rings is 1. The molecule has 1 aliphatic rings. The normalized spacial score (nSPS) is 15.7. The number of nitrogens with zero attached hydrogens (tertiary/aromatic N) is 3. The van der Waals surface area contributed by atoms with Gasteiger partial charge in [-0.25, -0.2) is 0 Å². The highest BCUT2D eigenvalue weighted by molar-refractivity contribution is 5.45. The summed E-state index contributed by atoms with van der Waals surface area (Å²) in [6, 6.07) is 10.2. The molecule has 1 fully saturated rings. The summed E-state index contributed by atoms with van der Waals surface area (Å²) in [5.74, 6) is 1.97. The van der Waals surface area contributed by atoms with Crippen molar-refractivity contribution in [2.24, 2.45) is 0 Å². The number of hydrogen-bond donors (Lipinski definition) is 1. The zero-order valence-electron chi connectivity index (χ0n) is 13.5. The van der Waals surface area contributed by atoms with Crippen LogP contribution in [0.1, 0.15) is 56.2 Å². The van der Waals surface area contributed by atoms with Crippen LogP contribution in [-0.2, 0) is 6.54 Å². The highest BCUT2D eigenvalue weighted by Crippen LogP contribution is 2.31. The second-order valence-corrected chi connectivity index (χ2v) is 6.22. The molecule has 0 unspecified atom stereocenters. The molecular formula is C18H25N3O2. The molecular weight excluding hydrogens is 290 g/mol. The monoisotopic (exact) mass is 315 g/mol. The highest BCUT2D eigenvalue weighted by atomic mass is 16.5. The van der Waals surface area contributed by atoms with Crippen LogP contribution in [0, 0.1) is 0 Å². The summed E-state index contributed by atoms with van der Waals surface area (Å²) in [5.41, 5.74) is 1.12. The first-order chi connectivity index (χ1) is 11.4. The number of aliphatic hydroxyl groups is 1. The van der Waals surface area contributed by atoms with Crippen molar-refractivity contribution in [3.05, 3.63) is 42.0 Å². The lowest BCUT2D eigenvalue weighted by Crippen LogP contribution is -2.25. The van der Waals surface area contributed by atoms with Crippen molar-refractivity contribution >= 4 is 5.69 Å². The number of aliphatic hydroxyl groups excluding tert-OH is 1. The van der Waals surface area contributed by atoms with Crippen LogP contribution in [0.5, 0.6) is 0 Å². The molecule has 1 aromatic heterocycles. The maximum absolute atomic E-state index is 9.13. The summed E-state index contributed by atoms with van der Waals surface area (Å²) in [6.07, 6.45) is 6.88. The Morgan fingerprint density at radius 1 is 1.13 bits per heavy atom. The van der Waals surface area contributed by atoms with E-state index in [1.807, 2.05) is 18.2 Å². The van der Waals surface area contributed by atoms with Gasteiger partial charge in [-0.2, -0.15) is 4.98 Å². The fourth-order valence-corrected chi connectivity index (χ4v) is 3.22. The lowest BCUT2D eigenvalue weighted by Gasteiger charge is -2.23. The predicted octanol–water partition coefficient (Wildman–Crippen LogP) is 3.51. The summed E-state index contributed by atoms with van der Waals surface area (Å²) < 4.78 is 5.51. The first-order valence-electron chi connectivity index (χ1n) is 8.60. The Kier molecular flexibility index (Phi) is 5.64. The molecule has 2 aromatic rings. The van der Waals surface area contributed by atoms with Gasteiger partial charge in [-0.3, -0.25) is 0 Å². The van der Waals surface area contributed by atoms with Crippen LogP contribution >= 0.6 is 0 Å². The summed E-state index contributed by atoms with van der Waals surface area (Å²) in [6.45, 7) is 1.57. The van der Waals surface area contributed by atoms with Gasteiger partial charge in [0.2, 0.25) is 5.89 Å². The second-order valence-electron chi connectivity index (χ2n) is 6.22. The Morgan fingerprint density at radius 2 is 1.91 bits per heavy atom. The lowest BCUT2D eigenvalue weighted by molar-refractivity contribution is 0.289. The quantitative estimate of drug-likeness (QED) is 0.847. The van der Waals surface area contributed by atoms with Gasteiger partial charge in [0.15, 0.2) is 5.82 Å². The molecule has 3 rings (SSSR count). The molecule has 1 heterocycles. The van der Waals surface area contributed by atoms with Gasteiger partial charge in [-0.15, -0.1) is 0 Å². The molecule has 0 aliphatic heterocycles. The van der Waals surface area contributed by atoms with E-state index in [0.717, 1.165) is 43.2 Å². The molecule has 0 saturated heterocycles. The van der Waals surface area contributed by atoms with Crippen LogP contribution in [-0.4, -0.2) is 28.4 Å². The van der Waals surface area contributed by atoms with E-state index in [1.165, 1.54) is 19.3 Å². The highest BCUT2D eigenvalue weighted by Gasteiger charge is 2.22. The van der Waals surface area contributed by atoms with Crippen LogP contribution in [0.3, 0.4) is 0 Å². The zero-order valence-corrected chi connectivity index (χ0v) is 13.5. The van der Waals surface area contributed by atoms with Crippen molar-refractivity contribution in [1.29, 1.82) is 0 Å². The Bertz CT molecular complexity index is 579. The van der Waals surface area contributed by atoms with Gasteiger partial charge in [0, 0.05) is 24.8 Å². The number of hydrogen-bond acceptors (Lipinski definition) is 5. The van der Waals surface area contributed by atoms with E-state index in [4.69, 9.17) is 9.63 Å². The Balaban J connectivity index is 1.68. The van der Waals surface area contributed by atoms with E-state index in [2.05, 4.69) is 27.2 Å². The van der Waals surface area contributed by atoms with E-state index in [0.29, 0.717) is 12.5 Å². The van der Waals surface area contributed by atoms with E-state index in [1.54, 1.807) is 0 Å². The Hall–Kier alpha value is -1.88. The van der Waals surface area contributed by atoms with E-state index in [-0.39, 0.29) is 6.61 Å². The van der Waals surface area contributed by atoms with E-state index in [9.17, 15) is 0 Å². The van der Waals surface area contributed by atoms with Gasteiger partial charge >= 0.3 is 0 Å². The molecule has 5 nitrogen and oxygen atoms in total. The summed E-state index contributed by atoms with van der Waals surface area (Å²) in [5, 5.41) is 13.3. The molecule has 0 spiro atoms. The van der Waals surface area contributed by atoms with Gasteiger partial charge in [0.25, 0.3) is 0 Å². The van der Waals surface area contributed by atoms with Gasteiger partial charge in [0.05, 0.1) is 6.54 Å². The minimum Gasteiger partial charge on any atom is -0.396 e. The molecule has 0 bridgehead atoms. The number of rotatable bonds is 7. The fraction of sp³-hybridized carbons (Fsp3) is 0.556. The van der Waals surface area contributed by atoms with Crippen LogP contribution in [0.25, 0.3) is 0 Å². The standard InChI is InChI=1S/C18H25N3O2/c22-13-7-12-21(16-10-5-2-6-11-16)14-17-19-18(23-20-17)15-8-3-1-4-9-15/h2,5-6,10-11,15,22H,1,3-4,7-9,12-14H2. The Labute approximate surface area is 137 Å². The Morgan fingerprint density at radius 3 is 2.65 bits per heavy atom. The van der Waals surface area contributed by atoms with E-state index >= 15 is 0 Å². The topological polar surface area (TPSA) is 62.4 Å². The molecule has 0 radical (unpaired) electrons. The van der Waals surface area contributed by atoms with Crippen molar-refractivity contribution in [3.8, 4) is 0 Å². The summed E-state index contributed by atoms with van der Waals surface area (Å²) >= 11 is 0. The molecule has 5 heteroatoms. The predicted molar refractivity (Wildman–Crippen MR) is 89.3 cm³/mol. The van der Waals surface area contributed by atoms with Gasteiger partial charge in [-0.05, 0) is 31.4 Å². The summed E-state index contributed by atoms with van der Waals surface area (Å²) in [4.78, 5) is 6.81. The molecule has 1 saturated carbocycles. The van der Waals surface area contributed by atoms with Crippen LogP contribution in [0.2, 0.25) is 0 Å². The van der Waals surface area contributed by atoms with Crippen molar-refractivity contribution in [2.75, 3.05) is 18.1 Å². The maximum atomic E-state index is 9.13. The number of aromatic nitrogens is 2. The third kappa shape index (κ3) is 4.32. The van der Waals surface area contributed by atoms with Gasteiger partial charge in [0.1, 0.15) is 0 Å². The largest absolute Gasteiger partial charge is 0.396 e. The van der Waals surface area contributed by atoms with Crippen molar-refractivity contribution in [1.82, 2.24) is 10.1 Å². The second kappa shape index (κ2) is 8.11. The van der Waals surface area contributed by atoms with Crippen LogP contribution < -0.4 is 4.90 Å². The third-order valence-corrected chi connectivity index (χ3v) is 4.48. The molecule has 0 atom stereocenters. The molecule has 1 aromatic carbocycles. The fourth-order valence-electron chi connectivity index (χ4n) is 3.22. The van der Waals surface area contributed by atoms with E-state index < -0.39 is 0 Å². The lowest BCUT2D eigenvalue weighted by atomic mass is 9.89. The molecule has 124 valence electrons. The van der Waals surface area contributed by atoms with Gasteiger partial charge < -0.3 is 14.5 Å². The molecule has 1 N–H and O–H groups in total. The zero-order chi connectivity index (χ0) is 15.9. The summed E-state index contributed by atoms with van der Waals surface area (Å²) in [7, 11) is 0. The third-order valence-electron chi connectivity index (χ3n) is 4.48. The molecule has 0 amide bonds. The number of anilines is 1. The first-order valence-corrected chi connectivity index (χ1v) is 8.60. The van der Waals surface area contributed by atoms with Crippen molar-refractivity contribution < 1.29 is 9.63 Å². The van der Waals surface area contributed by atoms with Crippen LogP contribution in [0.4, 0.5) is 5.69 Å². The molecule has 1 aliphatic carbocycles. The maximum Gasteiger partial charge on any atom is 0.229 e. The first kappa shape index (κ1) is 16.0. The average molecular weight is 315 g/mol. The minimum absolute atomic E-state index is 0.183. The van der Waals surface area contributed by atoms with Crippen molar-refractivity contribution in [3.63, 3.8) is 0 Å². The smallest absolute Gasteiger partial charge is 0.229 e. The SMILES string of the molecule is OCCCN(Cc1noc(C2CCCCC2)n1)c1ccccc1. The van der Waals surface area contributed by atoms with Crippen LogP contribution in [0.15, 0.2) is 34.9 Å². The number of para-hydroxylation sites is 1. The van der Waals surface area contributed by atoms with Gasteiger partial charge in [-0.1, -0.05) is 42.6 Å². The van der Waals surface area contributed by atoms with Crippen molar-refractivity contribution in [2.45, 2.75) is 51.0 Å². The minimum atomic E-state index is 0.183. The average Bonchev–Trinajstić information content (AvgIpc) is 3.09. The molecule has 23 heavy (non-hydrogen) atoms.